The Bertz CT molecular complexity index is 713. The van der Waals surface area contributed by atoms with Crippen molar-refractivity contribution < 1.29 is 13.2 Å². The highest BCUT2D eigenvalue weighted by Gasteiger charge is 2.20. The summed E-state index contributed by atoms with van der Waals surface area (Å²) in [6.45, 7) is 3.75. The second-order valence-corrected chi connectivity index (χ2v) is 8.29. The number of carbonyl (C=O) groups excluding carboxylic acids is 1. The van der Waals surface area contributed by atoms with Crippen LogP contribution in [-0.2, 0) is 15.6 Å². The van der Waals surface area contributed by atoms with Crippen molar-refractivity contribution in [3.63, 3.8) is 0 Å². The third kappa shape index (κ3) is 3.77. The summed E-state index contributed by atoms with van der Waals surface area (Å²) >= 11 is 1.51. The normalized spacial score (nSPS) is 11.5. The van der Waals surface area contributed by atoms with Gasteiger partial charge in [-0.15, -0.1) is 11.3 Å². The summed E-state index contributed by atoms with van der Waals surface area (Å²) in [5.41, 5.74) is 1.24. The summed E-state index contributed by atoms with van der Waals surface area (Å²) in [6, 6.07) is 10.7. The number of ketones is 1. The molecule has 0 N–H and O–H groups in total. The zero-order valence-electron chi connectivity index (χ0n) is 11.4. The van der Waals surface area contributed by atoms with Crippen LogP contribution in [0.3, 0.4) is 0 Å². The average Bonchev–Trinajstić information content (AvgIpc) is 2.68. The van der Waals surface area contributed by atoms with Crippen molar-refractivity contribution in [1.29, 1.82) is 0 Å². The predicted octanol–water partition coefficient (Wildman–Crippen LogP) is 3.16. The Balaban J connectivity index is 2.12. The van der Waals surface area contributed by atoms with Gasteiger partial charge >= 0.3 is 0 Å². The van der Waals surface area contributed by atoms with Crippen LogP contribution in [0.15, 0.2) is 36.4 Å². The molecule has 0 spiro atoms. The largest absolute Gasteiger partial charge is 0.293 e. The van der Waals surface area contributed by atoms with Crippen molar-refractivity contribution >= 4 is 27.0 Å². The molecule has 0 aliphatic heterocycles. The topological polar surface area (TPSA) is 51.2 Å². The van der Waals surface area contributed by atoms with Crippen LogP contribution in [0.25, 0.3) is 0 Å². The molecule has 2 aromatic rings. The minimum absolute atomic E-state index is 0.0955. The van der Waals surface area contributed by atoms with E-state index in [1.54, 1.807) is 30.3 Å². The van der Waals surface area contributed by atoms with Gasteiger partial charge in [0.15, 0.2) is 15.6 Å². The van der Waals surface area contributed by atoms with Gasteiger partial charge in [0.1, 0.15) is 5.75 Å². The highest BCUT2D eigenvalue weighted by Crippen LogP contribution is 2.21. The highest BCUT2D eigenvalue weighted by molar-refractivity contribution is 7.91. The molecule has 0 aliphatic carbocycles. The zero-order chi connectivity index (χ0) is 14.8. The molecule has 1 heterocycles. The SMILES string of the molecule is Cc1cc(C(=O)CS(=O)(=O)Cc2ccccc2)c(C)s1. The fraction of sp³-hybridized carbons (Fsp3) is 0.267. The molecule has 0 bridgehead atoms. The van der Waals surface area contributed by atoms with E-state index in [9.17, 15) is 13.2 Å². The van der Waals surface area contributed by atoms with E-state index in [1.807, 2.05) is 19.9 Å². The quantitative estimate of drug-likeness (QED) is 0.797. The van der Waals surface area contributed by atoms with Crippen LogP contribution in [0.2, 0.25) is 0 Å². The van der Waals surface area contributed by atoms with Crippen LogP contribution in [0.1, 0.15) is 25.7 Å². The maximum absolute atomic E-state index is 12.1. The van der Waals surface area contributed by atoms with Gasteiger partial charge in [-0.25, -0.2) is 8.42 Å². The Morgan fingerprint density at radius 3 is 2.35 bits per heavy atom. The van der Waals surface area contributed by atoms with Gasteiger partial charge in [0.25, 0.3) is 0 Å². The number of benzene rings is 1. The molecule has 3 nitrogen and oxygen atoms in total. The molecule has 106 valence electrons. The van der Waals surface area contributed by atoms with Crippen molar-refractivity contribution in [2.24, 2.45) is 0 Å². The van der Waals surface area contributed by atoms with Crippen LogP contribution in [0, 0.1) is 13.8 Å². The number of hydrogen-bond acceptors (Lipinski definition) is 4. The van der Waals surface area contributed by atoms with E-state index in [-0.39, 0.29) is 11.5 Å². The molecule has 0 aliphatic rings. The summed E-state index contributed by atoms with van der Waals surface area (Å²) in [7, 11) is -3.43. The lowest BCUT2D eigenvalue weighted by Crippen LogP contribution is -2.18. The fourth-order valence-electron chi connectivity index (χ4n) is 2.06. The van der Waals surface area contributed by atoms with E-state index in [4.69, 9.17) is 0 Å². The molecule has 0 unspecified atom stereocenters. The van der Waals surface area contributed by atoms with Crippen molar-refractivity contribution in [2.45, 2.75) is 19.6 Å². The summed E-state index contributed by atoms with van der Waals surface area (Å²) in [6.07, 6.45) is 0. The Labute approximate surface area is 123 Å². The second-order valence-electron chi connectivity index (χ2n) is 4.77. The van der Waals surface area contributed by atoms with Crippen molar-refractivity contribution in [3.05, 3.63) is 57.3 Å². The van der Waals surface area contributed by atoms with Crippen LogP contribution in [-0.4, -0.2) is 20.0 Å². The molecule has 0 fully saturated rings. The molecule has 5 heteroatoms. The Morgan fingerprint density at radius 1 is 1.15 bits per heavy atom. The summed E-state index contributed by atoms with van der Waals surface area (Å²) in [4.78, 5) is 14.0. The highest BCUT2D eigenvalue weighted by atomic mass is 32.2. The molecular formula is C15H16O3S2. The van der Waals surface area contributed by atoms with Crippen LogP contribution in [0.5, 0.6) is 0 Å². The number of thiophene rings is 1. The fourth-order valence-corrected chi connectivity index (χ4v) is 4.36. The first-order valence-corrected chi connectivity index (χ1v) is 8.86. The molecule has 1 aromatic heterocycles. The predicted molar refractivity (Wildman–Crippen MR) is 82.1 cm³/mol. The van der Waals surface area contributed by atoms with Gasteiger partial charge in [-0.1, -0.05) is 30.3 Å². The molecule has 2 rings (SSSR count). The van der Waals surface area contributed by atoms with Crippen LogP contribution in [0.4, 0.5) is 0 Å². The van der Waals surface area contributed by atoms with E-state index in [2.05, 4.69) is 0 Å². The monoisotopic (exact) mass is 308 g/mol. The first kappa shape index (κ1) is 14.9. The molecule has 0 radical (unpaired) electrons. The summed E-state index contributed by atoms with van der Waals surface area (Å²) < 4.78 is 24.2. The molecule has 0 amide bonds. The third-order valence-electron chi connectivity index (χ3n) is 2.92. The third-order valence-corrected chi connectivity index (χ3v) is 5.36. The van der Waals surface area contributed by atoms with E-state index >= 15 is 0 Å². The van der Waals surface area contributed by atoms with Crippen molar-refractivity contribution in [3.8, 4) is 0 Å². The maximum atomic E-state index is 12.1. The van der Waals surface area contributed by atoms with Crippen LogP contribution < -0.4 is 0 Å². The molecular weight excluding hydrogens is 292 g/mol. The van der Waals surface area contributed by atoms with E-state index < -0.39 is 15.6 Å². The Morgan fingerprint density at radius 2 is 1.80 bits per heavy atom. The lowest BCUT2D eigenvalue weighted by atomic mass is 10.2. The Kier molecular flexibility index (Phi) is 4.40. The van der Waals surface area contributed by atoms with Crippen molar-refractivity contribution in [1.82, 2.24) is 0 Å². The summed E-state index contributed by atoms with van der Waals surface area (Å²) in [5, 5.41) is 0. The van der Waals surface area contributed by atoms with Crippen molar-refractivity contribution in [2.75, 3.05) is 5.75 Å². The second kappa shape index (κ2) is 5.89. The molecule has 0 saturated carbocycles. The van der Waals surface area contributed by atoms with Gasteiger partial charge in [-0.3, -0.25) is 4.79 Å². The van der Waals surface area contributed by atoms with Gasteiger partial charge in [-0.05, 0) is 25.5 Å². The van der Waals surface area contributed by atoms with E-state index in [1.165, 1.54) is 11.3 Å². The average molecular weight is 308 g/mol. The van der Waals surface area contributed by atoms with E-state index in [0.717, 1.165) is 9.75 Å². The number of hydrogen-bond donors (Lipinski definition) is 0. The Hall–Kier alpha value is -1.46. The van der Waals surface area contributed by atoms with Gasteiger partial charge in [-0.2, -0.15) is 0 Å². The minimum Gasteiger partial charge on any atom is -0.293 e. The lowest BCUT2D eigenvalue weighted by molar-refractivity contribution is 0.102. The lowest BCUT2D eigenvalue weighted by Gasteiger charge is -2.04. The zero-order valence-corrected chi connectivity index (χ0v) is 13.1. The minimum atomic E-state index is -3.43. The summed E-state index contributed by atoms with van der Waals surface area (Å²) in [5.74, 6) is -0.844. The van der Waals surface area contributed by atoms with Gasteiger partial charge in [0, 0.05) is 15.3 Å². The number of rotatable bonds is 5. The molecule has 1 aromatic carbocycles. The number of aryl methyl sites for hydroxylation is 2. The number of Topliss-reactive ketones (excluding diaryl/α,β-unsaturated/α-hetero) is 1. The van der Waals surface area contributed by atoms with Gasteiger partial charge in [0.2, 0.25) is 0 Å². The molecule has 0 atom stereocenters. The number of carbonyl (C=O) groups is 1. The molecule has 20 heavy (non-hydrogen) atoms. The standard InChI is InChI=1S/C15H16O3S2/c1-11-8-14(12(2)19-11)15(16)10-20(17,18)9-13-6-4-3-5-7-13/h3-8H,9-10H2,1-2H3. The molecule has 0 saturated heterocycles. The van der Waals surface area contributed by atoms with E-state index in [0.29, 0.717) is 11.1 Å². The van der Waals surface area contributed by atoms with Gasteiger partial charge < -0.3 is 0 Å². The van der Waals surface area contributed by atoms with Crippen LogP contribution >= 0.6 is 11.3 Å². The number of sulfone groups is 1. The first-order valence-electron chi connectivity index (χ1n) is 6.22. The van der Waals surface area contributed by atoms with Gasteiger partial charge in [0.05, 0.1) is 5.75 Å². The maximum Gasteiger partial charge on any atom is 0.178 e. The first-order chi connectivity index (χ1) is 9.37. The smallest absolute Gasteiger partial charge is 0.178 e.